The van der Waals surface area contributed by atoms with Gasteiger partial charge in [0.1, 0.15) is 0 Å². The largest absolute Gasteiger partial charge is 0.357 e. The molecule has 3 rings (SSSR count). The Bertz CT molecular complexity index is 504. The maximum Gasteiger partial charge on any atom is 0.0459 e. The quantitative estimate of drug-likeness (QED) is 0.798. The maximum atomic E-state index is 3.58. The summed E-state index contributed by atoms with van der Waals surface area (Å²) < 4.78 is 0. The standard InChI is InChI=1S/C14H18N2.C2H6.H2/c1-2-16-9-5-7-12-11-6-3-4-8-13(11)15-14(12)10-16;1-2;/h3-4,6,8,15H,2,5,7,9-10H2,1H3;1-2H3;1H. The fraction of sp³-hybridized carbons (Fsp3) is 0.500. The molecule has 2 aromatic rings. The zero-order valence-corrected chi connectivity index (χ0v) is 11.8. The van der Waals surface area contributed by atoms with Crippen molar-refractivity contribution < 1.29 is 1.43 Å². The van der Waals surface area contributed by atoms with Crippen molar-refractivity contribution in [1.82, 2.24) is 9.88 Å². The van der Waals surface area contributed by atoms with E-state index in [2.05, 4.69) is 41.1 Å². The number of aryl methyl sites for hydroxylation is 1. The van der Waals surface area contributed by atoms with E-state index in [4.69, 9.17) is 0 Å². The van der Waals surface area contributed by atoms with Gasteiger partial charge in [0.2, 0.25) is 0 Å². The van der Waals surface area contributed by atoms with Gasteiger partial charge in [-0.05, 0) is 37.6 Å². The summed E-state index contributed by atoms with van der Waals surface area (Å²) in [7, 11) is 0. The van der Waals surface area contributed by atoms with E-state index in [1.54, 1.807) is 5.56 Å². The summed E-state index contributed by atoms with van der Waals surface area (Å²) in [5.41, 5.74) is 4.28. The van der Waals surface area contributed by atoms with Gasteiger partial charge in [0.25, 0.3) is 0 Å². The molecule has 1 aromatic carbocycles. The molecule has 2 heteroatoms. The highest BCUT2D eigenvalue weighted by Gasteiger charge is 2.16. The molecule has 0 unspecified atom stereocenters. The fourth-order valence-corrected chi connectivity index (χ4v) is 2.73. The van der Waals surface area contributed by atoms with Crippen LogP contribution in [0, 0.1) is 0 Å². The smallest absolute Gasteiger partial charge is 0.0459 e. The van der Waals surface area contributed by atoms with Gasteiger partial charge in [0.05, 0.1) is 0 Å². The molecule has 1 aromatic heterocycles. The Hall–Kier alpha value is -1.28. The number of nitrogens with zero attached hydrogens (tertiary/aromatic N) is 1. The summed E-state index contributed by atoms with van der Waals surface area (Å²) in [5, 5.41) is 1.43. The third-order valence-corrected chi connectivity index (χ3v) is 3.63. The number of aromatic nitrogens is 1. The van der Waals surface area contributed by atoms with Crippen molar-refractivity contribution in [3.63, 3.8) is 0 Å². The van der Waals surface area contributed by atoms with Gasteiger partial charge in [0, 0.05) is 24.6 Å². The molecule has 2 nitrogen and oxygen atoms in total. The third-order valence-electron chi connectivity index (χ3n) is 3.63. The van der Waals surface area contributed by atoms with Crippen molar-refractivity contribution in [1.29, 1.82) is 0 Å². The van der Waals surface area contributed by atoms with Crippen LogP contribution < -0.4 is 0 Å². The van der Waals surface area contributed by atoms with Crippen LogP contribution in [0.3, 0.4) is 0 Å². The van der Waals surface area contributed by atoms with Crippen molar-refractivity contribution in [3.05, 3.63) is 35.5 Å². The lowest BCUT2D eigenvalue weighted by Crippen LogP contribution is -2.22. The summed E-state index contributed by atoms with van der Waals surface area (Å²) in [4.78, 5) is 6.09. The highest BCUT2D eigenvalue weighted by atomic mass is 15.1. The van der Waals surface area contributed by atoms with Crippen LogP contribution in [-0.2, 0) is 13.0 Å². The van der Waals surface area contributed by atoms with Crippen molar-refractivity contribution in [2.75, 3.05) is 13.1 Å². The Labute approximate surface area is 111 Å². The molecule has 0 saturated carbocycles. The zero-order chi connectivity index (χ0) is 13.0. The fourth-order valence-electron chi connectivity index (χ4n) is 2.73. The van der Waals surface area contributed by atoms with Crippen molar-refractivity contribution >= 4 is 10.9 Å². The number of nitrogens with one attached hydrogen (secondary N) is 1. The van der Waals surface area contributed by atoms with Crippen LogP contribution in [0.15, 0.2) is 24.3 Å². The minimum absolute atomic E-state index is 0. The Morgan fingerprint density at radius 2 is 2.06 bits per heavy atom. The molecule has 0 bridgehead atoms. The molecule has 1 aliphatic heterocycles. The number of H-pyrrole nitrogens is 1. The number of hydrogen-bond donors (Lipinski definition) is 1. The Kier molecular flexibility index (Phi) is 4.43. The van der Waals surface area contributed by atoms with E-state index < -0.39 is 0 Å². The molecule has 100 valence electrons. The van der Waals surface area contributed by atoms with E-state index in [-0.39, 0.29) is 1.43 Å². The summed E-state index contributed by atoms with van der Waals surface area (Å²) in [6.07, 6.45) is 2.50. The number of rotatable bonds is 1. The van der Waals surface area contributed by atoms with Crippen LogP contribution in [-0.4, -0.2) is 23.0 Å². The third kappa shape index (κ3) is 2.44. The zero-order valence-electron chi connectivity index (χ0n) is 11.8. The first-order chi connectivity index (χ1) is 8.88. The van der Waals surface area contributed by atoms with Crippen LogP contribution in [0.2, 0.25) is 0 Å². The molecule has 0 radical (unpaired) electrons. The molecule has 18 heavy (non-hydrogen) atoms. The second kappa shape index (κ2) is 6.05. The van der Waals surface area contributed by atoms with Crippen LogP contribution in [0.4, 0.5) is 0 Å². The monoisotopic (exact) mass is 246 g/mol. The van der Waals surface area contributed by atoms with E-state index in [9.17, 15) is 0 Å². The highest BCUT2D eigenvalue weighted by molar-refractivity contribution is 5.84. The molecule has 0 atom stereocenters. The number of fused-ring (bicyclic) bond motifs is 3. The maximum absolute atomic E-state index is 3.58. The van der Waals surface area contributed by atoms with E-state index >= 15 is 0 Å². The normalized spacial score (nSPS) is 15.7. The molecule has 1 aliphatic rings. The lowest BCUT2D eigenvalue weighted by Gasteiger charge is -2.16. The average molecular weight is 246 g/mol. The van der Waals surface area contributed by atoms with E-state index in [1.807, 2.05) is 13.8 Å². The topological polar surface area (TPSA) is 19.0 Å². The first-order valence-corrected chi connectivity index (χ1v) is 7.19. The summed E-state index contributed by atoms with van der Waals surface area (Å²) >= 11 is 0. The number of benzene rings is 1. The SMILES string of the molecule is CC.CCN1CCCc2c([nH]c3ccccc23)C1.[HH]. The van der Waals surface area contributed by atoms with Gasteiger partial charge < -0.3 is 4.98 Å². The summed E-state index contributed by atoms with van der Waals surface area (Å²) in [6, 6.07) is 8.67. The molecule has 1 N–H and O–H groups in total. The van der Waals surface area contributed by atoms with Crippen LogP contribution >= 0.6 is 0 Å². The molecule has 0 amide bonds. The van der Waals surface area contributed by atoms with E-state index in [1.165, 1.54) is 36.0 Å². The Morgan fingerprint density at radius 1 is 1.28 bits per heavy atom. The minimum Gasteiger partial charge on any atom is -0.357 e. The molecular formula is C16H26N2. The van der Waals surface area contributed by atoms with Crippen LogP contribution in [0.25, 0.3) is 10.9 Å². The van der Waals surface area contributed by atoms with Crippen molar-refractivity contribution in [2.45, 2.75) is 40.2 Å². The number of hydrogen-bond acceptors (Lipinski definition) is 1. The van der Waals surface area contributed by atoms with Gasteiger partial charge in [-0.1, -0.05) is 39.0 Å². The van der Waals surface area contributed by atoms with Gasteiger partial charge >= 0.3 is 0 Å². The predicted octanol–water partition coefficient (Wildman–Crippen LogP) is 4.21. The highest BCUT2D eigenvalue weighted by Crippen LogP contribution is 2.26. The molecule has 2 heterocycles. The lowest BCUT2D eigenvalue weighted by atomic mass is 10.1. The predicted molar refractivity (Wildman–Crippen MR) is 81.0 cm³/mol. The van der Waals surface area contributed by atoms with Gasteiger partial charge in [-0.25, -0.2) is 0 Å². The molecular weight excluding hydrogens is 220 g/mol. The first-order valence-electron chi connectivity index (χ1n) is 7.19. The molecule has 0 fully saturated rings. The molecule has 0 aliphatic carbocycles. The van der Waals surface area contributed by atoms with Crippen molar-refractivity contribution in [2.24, 2.45) is 0 Å². The second-order valence-electron chi connectivity index (χ2n) is 4.60. The molecule has 0 saturated heterocycles. The van der Waals surface area contributed by atoms with Gasteiger partial charge in [-0.15, -0.1) is 0 Å². The molecule has 0 spiro atoms. The number of para-hydroxylation sites is 1. The van der Waals surface area contributed by atoms with Crippen molar-refractivity contribution in [3.8, 4) is 0 Å². The summed E-state index contributed by atoms with van der Waals surface area (Å²) in [6.45, 7) is 9.70. The first kappa shape index (κ1) is 13.2. The second-order valence-corrected chi connectivity index (χ2v) is 4.60. The Morgan fingerprint density at radius 3 is 2.83 bits per heavy atom. The van der Waals surface area contributed by atoms with E-state index in [0.29, 0.717) is 0 Å². The van der Waals surface area contributed by atoms with Crippen LogP contribution in [0.1, 0.15) is 39.9 Å². The Balaban J connectivity index is 0.000000576. The lowest BCUT2D eigenvalue weighted by molar-refractivity contribution is 0.282. The van der Waals surface area contributed by atoms with Gasteiger partial charge in [0.15, 0.2) is 0 Å². The van der Waals surface area contributed by atoms with Crippen LogP contribution in [0.5, 0.6) is 0 Å². The average Bonchev–Trinajstić information content (AvgIpc) is 2.65. The van der Waals surface area contributed by atoms with Gasteiger partial charge in [-0.3, -0.25) is 4.90 Å². The summed E-state index contributed by atoms with van der Waals surface area (Å²) in [5.74, 6) is 0. The number of aromatic amines is 1. The van der Waals surface area contributed by atoms with E-state index in [0.717, 1.165) is 13.1 Å². The van der Waals surface area contributed by atoms with Gasteiger partial charge in [-0.2, -0.15) is 0 Å². The minimum atomic E-state index is 0.